The third-order valence-corrected chi connectivity index (χ3v) is 3.80. The second-order valence-electron chi connectivity index (χ2n) is 5.22. The van der Waals surface area contributed by atoms with Crippen LogP contribution in [0.4, 0.5) is 10.1 Å². The molecule has 3 heteroatoms. The predicted molar refractivity (Wildman–Crippen MR) is 77.8 cm³/mol. The molecule has 1 heterocycles. The molecule has 1 N–H and O–H groups in total. The molecule has 0 aromatic heterocycles. The molecule has 2 aromatic rings. The Bertz CT molecular complexity index is 679. The van der Waals surface area contributed by atoms with E-state index in [-0.39, 0.29) is 18.0 Å². The summed E-state index contributed by atoms with van der Waals surface area (Å²) in [4.78, 5) is 12.3. The van der Waals surface area contributed by atoms with E-state index in [1.165, 1.54) is 17.7 Å². The highest BCUT2D eigenvalue weighted by Crippen LogP contribution is 2.24. The van der Waals surface area contributed by atoms with Crippen LogP contribution in [-0.4, -0.2) is 12.3 Å². The van der Waals surface area contributed by atoms with Crippen LogP contribution in [0, 0.1) is 12.7 Å². The number of anilines is 1. The van der Waals surface area contributed by atoms with E-state index in [2.05, 4.69) is 5.32 Å². The van der Waals surface area contributed by atoms with Gasteiger partial charge in [-0.05, 0) is 60.4 Å². The van der Waals surface area contributed by atoms with E-state index >= 15 is 0 Å². The molecule has 3 rings (SSSR count). The minimum atomic E-state index is -0.295. The highest BCUT2D eigenvalue weighted by Gasteiger charge is 2.14. The first kappa shape index (κ1) is 12.9. The smallest absolute Gasteiger partial charge is 0.167 e. The number of rotatable bonds is 3. The average Bonchev–Trinajstić information content (AvgIpc) is 2.90. The van der Waals surface area contributed by atoms with Crippen molar-refractivity contribution in [1.82, 2.24) is 0 Å². The molecule has 0 spiro atoms. The Labute approximate surface area is 117 Å². The van der Waals surface area contributed by atoms with Crippen LogP contribution in [0.3, 0.4) is 0 Å². The maximum Gasteiger partial charge on any atom is 0.167 e. The number of hydrogen-bond acceptors (Lipinski definition) is 2. The molecular weight excluding hydrogens is 253 g/mol. The number of fused-ring (bicyclic) bond motifs is 1. The third-order valence-electron chi connectivity index (χ3n) is 3.80. The van der Waals surface area contributed by atoms with Crippen LogP contribution in [-0.2, 0) is 12.8 Å². The molecule has 0 aliphatic carbocycles. The maximum atomic E-state index is 13.3. The van der Waals surface area contributed by atoms with Gasteiger partial charge in [-0.25, -0.2) is 4.39 Å². The molecule has 0 bridgehead atoms. The Morgan fingerprint density at radius 3 is 2.95 bits per heavy atom. The lowest BCUT2D eigenvalue weighted by atomic mass is 9.98. The zero-order chi connectivity index (χ0) is 14.1. The fraction of sp³-hybridized carbons (Fsp3) is 0.235. The molecule has 1 aliphatic rings. The van der Waals surface area contributed by atoms with Gasteiger partial charge in [0.25, 0.3) is 0 Å². The number of nitrogens with one attached hydrogen (secondary N) is 1. The monoisotopic (exact) mass is 269 g/mol. The predicted octanol–water partition coefficient (Wildman–Crippen LogP) is 3.53. The Hall–Kier alpha value is -2.16. The number of halogens is 1. The largest absolute Gasteiger partial charge is 0.384 e. The molecule has 1 aliphatic heterocycles. The van der Waals surface area contributed by atoms with Gasteiger partial charge in [-0.15, -0.1) is 0 Å². The van der Waals surface area contributed by atoms with Gasteiger partial charge >= 0.3 is 0 Å². The standard InChI is InChI=1S/C17H16FNO/c1-11-2-4-15(18)9-14(11)10-17(20)13-3-5-16-12(8-13)6-7-19-16/h2-5,8-9,19H,6-7,10H2,1H3. The number of carbonyl (C=O) groups is 1. The van der Waals surface area contributed by atoms with Gasteiger partial charge in [-0.2, -0.15) is 0 Å². The van der Waals surface area contributed by atoms with Crippen LogP contribution in [0.25, 0.3) is 0 Å². The van der Waals surface area contributed by atoms with Crippen LogP contribution in [0.15, 0.2) is 36.4 Å². The van der Waals surface area contributed by atoms with Crippen LogP contribution in [0.2, 0.25) is 0 Å². The van der Waals surface area contributed by atoms with Crippen molar-refractivity contribution in [1.29, 1.82) is 0 Å². The van der Waals surface area contributed by atoms with Crippen LogP contribution < -0.4 is 5.32 Å². The lowest BCUT2D eigenvalue weighted by Gasteiger charge is -2.07. The lowest BCUT2D eigenvalue weighted by molar-refractivity contribution is 0.0992. The summed E-state index contributed by atoms with van der Waals surface area (Å²) in [6.07, 6.45) is 1.20. The molecule has 0 amide bonds. The second-order valence-corrected chi connectivity index (χ2v) is 5.22. The van der Waals surface area contributed by atoms with Crippen LogP contribution >= 0.6 is 0 Å². The molecule has 102 valence electrons. The number of Topliss-reactive ketones (excluding diaryl/α,β-unsaturated/α-hetero) is 1. The van der Waals surface area contributed by atoms with Crippen molar-refractivity contribution in [3.8, 4) is 0 Å². The van der Waals surface area contributed by atoms with Gasteiger partial charge in [0.05, 0.1) is 0 Å². The highest BCUT2D eigenvalue weighted by molar-refractivity contribution is 5.98. The number of benzene rings is 2. The zero-order valence-corrected chi connectivity index (χ0v) is 11.4. The Balaban J connectivity index is 1.84. The maximum absolute atomic E-state index is 13.3. The quantitative estimate of drug-likeness (QED) is 0.864. The topological polar surface area (TPSA) is 29.1 Å². The average molecular weight is 269 g/mol. The van der Waals surface area contributed by atoms with Gasteiger partial charge in [0, 0.05) is 24.2 Å². The SMILES string of the molecule is Cc1ccc(F)cc1CC(=O)c1ccc2c(c1)CCN2. The Morgan fingerprint density at radius 2 is 2.10 bits per heavy atom. The normalized spacial score (nSPS) is 12.9. The van der Waals surface area contributed by atoms with Crippen molar-refractivity contribution in [2.75, 3.05) is 11.9 Å². The van der Waals surface area contributed by atoms with Gasteiger partial charge in [-0.1, -0.05) is 6.07 Å². The summed E-state index contributed by atoms with van der Waals surface area (Å²) in [7, 11) is 0. The molecule has 0 radical (unpaired) electrons. The first-order chi connectivity index (χ1) is 9.63. The Morgan fingerprint density at radius 1 is 1.25 bits per heavy atom. The van der Waals surface area contributed by atoms with Crippen molar-refractivity contribution in [2.24, 2.45) is 0 Å². The first-order valence-corrected chi connectivity index (χ1v) is 6.78. The van der Waals surface area contributed by atoms with E-state index in [1.807, 2.05) is 25.1 Å². The van der Waals surface area contributed by atoms with Gasteiger partial charge in [0.15, 0.2) is 5.78 Å². The second kappa shape index (κ2) is 5.08. The molecule has 0 unspecified atom stereocenters. The summed E-state index contributed by atoms with van der Waals surface area (Å²) in [5.74, 6) is -0.259. The molecular formula is C17H16FNO. The number of hydrogen-bond donors (Lipinski definition) is 1. The van der Waals surface area contributed by atoms with Gasteiger partial charge in [0.2, 0.25) is 0 Å². The van der Waals surface area contributed by atoms with Crippen LogP contribution in [0.1, 0.15) is 27.0 Å². The van der Waals surface area contributed by atoms with Crippen molar-refractivity contribution in [2.45, 2.75) is 19.8 Å². The third kappa shape index (κ3) is 2.44. The minimum Gasteiger partial charge on any atom is -0.384 e. The minimum absolute atomic E-state index is 0.0356. The zero-order valence-electron chi connectivity index (χ0n) is 11.4. The summed E-state index contributed by atoms with van der Waals surface area (Å²) >= 11 is 0. The van der Waals surface area contributed by atoms with Gasteiger partial charge in [-0.3, -0.25) is 4.79 Å². The van der Waals surface area contributed by atoms with Crippen molar-refractivity contribution in [3.05, 3.63) is 64.5 Å². The van der Waals surface area contributed by atoms with E-state index in [0.717, 1.165) is 29.8 Å². The summed E-state index contributed by atoms with van der Waals surface area (Å²) in [6.45, 7) is 2.82. The fourth-order valence-electron chi connectivity index (χ4n) is 2.58. The molecule has 0 fully saturated rings. The summed E-state index contributed by atoms with van der Waals surface area (Å²) in [6, 6.07) is 10.3. The molecule has 0 atom stereocenters. The highest BCUT2D eigenvalue weighted by atomic mass is 19.1. The summed E-state index contributed by atoms with van der Waals surface area (Å²) in [5, 5.41) is 3.27. The number of carbonyl (C=O) groups excluding carboxylic acids is 1. The summed E-state index contributed by atoms with van der Waals surface area (Å²) < 4.78 is 13.3. The van der Waals surface area contributed by atoms with Crippen molar-refractivity contribution >= 4 is 11.5 Å². The van der Waals surface area contributed by atoms with E-state index in [0.29, 0.717) is 5.56 Å². The van der Waals surface area contributed by atoms with Gasteiger partial charge in [0.1, 0.15) is 5.82 Å². The van der Waals surface area contributed by atoms with E-state index in [9.17, 15) is 9.18 Å². The molecule has 0 saturated carbocycles. The molecule has 2 aromatic carbocycles. The van der Waals surface area contributed by atoms with Gasteiger partial charge < -0.3 is 5.32 Å². The van der Waals surface area contributed by atoms with Crippen molar-refractivity contribution in [3.63, 3.8) is 0 Å². The lowest BCUT2D eigenvalue weighted by Crippen LogP contribution is -2.05. The van der Waals surface area contributed by atoms with Crippen molar-refractivity contribution < 1.29 is 9.18 Å². The van der Waals surface area contributed by atoms with E-state index in [1.54, 1.807) is 6.07 Å². The van der Waals surface area contributed by atoms with E-state index < -0.39 is 0 Å². The number of aryl methyl sites for hydroxylation is 1. The van der Waals surface area contributed by atoms with Crippen LogP contribution in [0.5, 0.6) is 0 Å². The fourth-order valence-corrected chi connectivity index (χ4v) is 2.58. The molecule has 0 saturated heterocycles. The molecule has 2 nitrogen and oxygen atoms in total. The summed E-state index contributed by atoms with van der Waals surface area (Å²) in [5.41, 5.74) is 4.71. The molecule has 20 heavy (non-hydrogen) atoms. The first-order valence-electron chi connectivity index (χ1n) is 6.78. The van der Waals surface area contributed by atoms with E-state index in [4.69, 9.17) is 0 Å². The number of ketones is 1. The Kier molecular flexibility index (Phi) is 3.26.